The topological polar surface area (TPSA) is 146 Å². The van der Waals surface area contributed by atoms with E-state index in [-0.39, 0.29) is 0 Å². The number of aryl methyl sites for hydroxylation is 7. The van der Waals surface area contributed by atoms with Crippen molar-refractivity contribution in [3.63, 3.8) is 0 Å². The summed E-state index contributed by atoms with van der Waals surface area (Å²) in [6, 6.07) is 18.9. The molecule has 64 heavy (non-hydrogen) atoms. The second-order valence-electron chi connectivity index (χ2n) is 16.7. The number of aromatic nitrogens is 9. The van der Waals surface area contributed by atoms with E-state index >= 15 is 0 Å². The van der Waals surface area contributed by atoms with Crippen LogP contribution in [0.25, 0.3) is 44.9 Å². The van der Waals surface area contributed by atoms with Crippen LogP contribution in [0.1, 0.15) is 90.3 Å². The Morgan fingerprint density at radius 1 is 0.688 bits per heavy atom. The summed E-state index contributed by atoms with van der Waals surface area (Å²) < 4.78 is 8.47. The van der Waals surface area contributed by atoms with Gasteiger partial charge >= 0.3 is 0 Å². The molecule has 13 heteroatoms. The molecular formula is C51H61N13. The quantitative estimate of drug-likeness (QED) is 0.0585. The van der Waals surface area contributed by atoms with Crippen LogP contribution < -0.4 is 21.7 Å². The summed E-state index contributed by atoms with van der Waals surface area (Å²) in [6.07, 6.45) is 12.9. The van der Waals surface area contributed by atoms with Gasteiger partial charge in [0.2, 0.25) is 11.9 Å². The Hall–Kier alpha value is -7.15. The summed E-state index contributed by atoms with van der Waals surface area (Å²) in [7, 11) is 0. The Balaban J connectivity index is 1.16. The molecule has 0 amide bonds. The minimum atomic E-state index is 0.523. The van der Waals surface area contributed by atoms with Gasteiger partial charge in [-0.2, -0.15) is 10.2 Å². The zero-order valence-electron chi connectivity index (χ0n) is 37.8. The van der Waals surface area contributed by atoms with Crippen molar-refractivity contribution in [3.8, 4) is 0 Å². The summed E-state index contributed by atoms with van der Waals surface area (Å²) >= 11 is 0. The lowest BCUT2D eigenvalue weighted by atomic mass is 9.98. The Kier molecular flexibility index (Phi) is 13.0. The average Bonchev–Trinajstić information content (AvgIpc) is 4.05. The fourth-order valence-electron chi connectivity index (χ4n) is 8.78. The van der Waals surface area contributed by atoms with Crippen LogP contribution in [0.4, 0.5) is 11.9 Å². The highest BCUT2D eigenvalue weighted by molar-refractivity contribution is 5.89. The molecule has 5 aromatic heterocycles. The van der Waals surface area contributed by atoms with Gasteiger partial charge in [0.25, 0.3) is 0 Å². The number of rotatable bonds is 15. The monoisotopic (exact) mass is 856 g/mol. The Bertz CT molecular complexity index is 2900. The number of pyridine rings is 1. The van der Waals surface area contributed by atoms with Gasteiger partial charge < -0.3 is 30.8 Å². The van der Waals surface area contributed by atoms with Gasteiger partial charge in [0, 0.05) is 56.0 Å². The van der Waals surface area contributed by atoms with Crippen LogP contribution in [0, 0.1) is 13.8 Å². The first-order valence-electron chi connectivity index (χ1n) is 22.5. The third-order valence-electron chi connectivity index (χ3n) is 11.9. The molecule has 13 nitrogen and oxygen atoms in total. The van der Waals surface area contributed by atoms with E-state index in [1.165, 1.54) is 11.1 Å². The number of nitrogens with two attached hydrogens (primary N) is 1. The van der Waals surface area contributed by atoms with Gasteiger partial charge in [-0.25, -0.2) is 9.97 Å². The second kappa shape index (κ2) is 19.1. The Morgan fingerprint density at radius 2 is 1.23 bits per heavy atom. The molecule has 2 aromatic carbocycles. The van der Waals surface area contributed by atoms with E-state index in [1.807, 2.05) is 47.6 Å². The van der Waals surface area contributed by atoms with Crippen LogP contribution in [-0.2, 0) is 45.4 Å². The van der Waals surface area contributed by atoms with E-state index in [2.05, 4.69) is 124 Å². The lowest BCUT2D eigenvalue weighted by Gasteiger charge is -2.15. The molecule has 0 saturated heterocycles. The van der Waals surface area contributed by atoms with E-state index in [0.717, 1.165) is 143 Å². The average molecular weight is 856 g/mol. The summed E-state index contributed by atoms with van der Waals surface area (Å²) in [5, 5.41) is 20.2. The van der Waals surface area contributed by atoms with Crippen molar-refractivity contribution in [1.82, 2.24) is 49.0 Å². The van der Waals surface area contributed by atoms with Crippen molar-refractivity contribution in [1.29, 1.82) is 0 Å². The minimum Gasteiger partial charge on any atom is -0.399 e. The molecule has 8 rings (SSSR count). The summed E-state index contributed by atoms with van der Waals surface area (Å²) in [4.78, 5) is 15.0. The van der Waals surface area contributed by atoms with Gasteiger partial charge in [-0.05, 0) is 137 Å². The van der Waals surface area contributed by atoms with Gasteiger partial charge in [0.15, 0.2) is 0 Å². The van der Waals surface area contributed by atoms with E-state index in [0.29, 0.717) is 30.7 Å². The van der Waals surface area contributed by atoms with Gasteiger partial charge in [0.05, 0.1) is 56.2 Å². The van der Waals surface area contributed by atoms with Gasteiger partial charge in [0.1, 0.15) is 0 Å². The molecule has 0 bridgehead atoms. The molecule has 0 radical (unpaired) electrons. The van der Waals surface area contributed by atoms with Crippen molar-refractivity contribution < 1.29 is 0 Å². The zero-order chi connectivity index (χ0) is 44.9. The molecule has 0 unspecified atom stereocenters. The first-order chi connectivity index (χ1) is 31.0. The Labute approximate surface area is 376 Å². The van der Waals surface area contributed by atoms with E-state index in [9.17, 15) is 0 Å². The summed E-state index contributed by atoms with van der Waals surface area (Å²) in [5.74, 6) is 1.42. The van der Waals surface area contributed by atoms with Crippen molar-refractivity contribution in [2.24, 2.45) is 5.73 Å². The maximum Gasteiger partial charge on any atom is 0.208 e. The first-order valence-corrected chi connectivity index (χ1v) is 22.5. The summed E-state index contributed by atoms with van der Waals surface area (Å²) in [5.41, 5.74) is 22.3. The molecule has 0 spiro atoms. The van der Waals surface area contributed by atoms with E-state index in [1.54, 1.807) is 0 Å². The standard InChI is InChI=1S/C51H61N13/c1-9-63-46(27-33(3)59-63)37(7)55-50-57-44-31-41(35(5)52)29-39-19-12-11-13-20-40-30-42(36(6)53-24-18-22-43-21-14-15-23-54-43)32-45-49(40)62(26-17-16-25-61(50)48(39)44)51(58-45)56-38(8)47-28-34(4)60-64(47)10-2/h14-17,21,23,27-32,53H,5-13,18-20,22,24-26,52H2,1-4H3,(H,55,57)(H,56,58)/b17-16+. The van der Waals surface area contributed by atoms with Crippen LogP contribution in [-0.4, -0.2) is 50.2 Å². The van der Waals surface area contributed by atoms with Crippen LogP contribution in [0.3, 0.4) is 0 Å². The van der Waals surface area contributed by atoms with E-state index < -0.39 is 0 Å². The van der Waals surface area contributed by atoms with Gasteiger partial charge in [-0.15, -0.1) is 0 Å². The van der Waals surface area contributed by atoms with E-state index in [4.69, 9.17) is 20.8 Å². The van der Waals surface area contributed by atoms with Crippen molar-refractivity contribution in [2.45, 2.75) is 98.8 Å². The lowest BCUT2D eigenvalue weighted by molar-refractivity contribution is 0.645. The predicted octanol–water partition coefficient (Wildman–Crippen LogP) is 9.64. The van der Waals surface area contributed by atoms with Gasteiger partial charge in [-0.3, -0.25) is 14.3 Å². The first kappa shape index (κ1) is 43.5. The smallest absolute Gasteiger partial charge is 0.208 e. The van der Waals surface area contributed by atoms with Crippen LogP contribution in [0.5, 0.6) is 0 Å². The third-order valence-corrected chi connectivity index (χ3v) is 11.9. The highest BCUT2D eigenvalue weighted by Crippen LogP contribution is 2.33. The molecule has 6 heterocycles. The maximum absolute atomic E-state index is 6.34. The number of hydrogen-bond donors (Lipinski definition) is 4. The molecule has 5 N–H and O–H groups in total. The molecule has 1 aliphatic heterocycles. The minimum absolute atomic E-state index is 0.523. The molecule has 0 saturated carbocycles. The normalized spacial score (nSPS) is 13.6. The molecule has 330 valence electrons. The van der Waals surface area contributed by atoms with Crippen molar-refractivity contribution >= 4 is 56.8 Å². The fourth-order valence-corrected chi connectivity index (χ4v) is 8.78. The van der Waals surface area contributed by atoms with Gasteiger partial charge in [-0.1, -0.05) is 51.0 Å². The second-order valence-corrected chi connectivity index (χ2v) is 16.7. The summed E-state index contributed by atoms with van der Waals surface area (Å²) in [6.45, 7) is 29.1. The molecular weight excluding hydrogens is 795 g/mol. The largest absolute Gasteiger partial charge is 0.399 e. The number of nitrogens with one attached hydrogen (secondary N) is 3. The number of imidazole rings is 2. The molecule has 7 aromatic rings. The number of benzene rings is 2. The number of anilines is 2. The predicted molar refractivity (Wildman–Crippen MR) is 263 cm³/mol. The number of hydrogen-bond acceptors (Lipinski definition) is 9. The molecule has 0 fully saturated rings. The zero-order valence-corrected chi connectivity index (χ0v) is 37.8. The van der Waals surface area contributed by atoms with Crippen molar-refractivity contribution in [2.75, 3.05) is 17.2 Å². The number of nitrogens with zero attached hydrogens (tertiary/aromatic N) is 9. The molecule has 0 atom stereocenters. The molecule has 1 aliphatic rings. The number of allylic oxidation sites excluding steroid dienone is 2. The van der Waals surface area contributed by atoms with Crippen molar-refractivity contribution in [3.05, 3.63) is 150 Å². The highest BCUT2D eigenvalue weighted by Gasteiger charge is 2.21. The van der Waals surface area contributed by atoms with Crippen LogP contribution in [0.15, 0.2) is 99.3 Å². The highest BCUT2D eigenvalue weighted by atomic mass is 15.3. The molecule has 0 aliphatic carbocycles. The SMILES string of the molecule is C=C(N)c1cc2c3c(c1)nc(NC(=C)c1cc(C)nn1CC)n3C/C=C/Cn1c(NC(=C)c3cc(C)nn3CC)nc3cc(C(=C)NCCCc4ccccn4)cc(c31)CCCCC2. The van der Waals surface area contributed by atoms with Crippen LogP contribution in [0.2, 0.25) is 0 Å². The Morgan fingerprint density at radius 3 is 1.75 bits per heavy atom. The fraction of sp³-hybridized carbons (Fsp3) is 0.314. The maximum atomic E-state index is 6.34. The van der Waals surface area contributed by atoms with Crippen LogP contribution >= 0.6 is 0 Å². The lowest BCUT2D eigenvalue weighted by Crippen LogP contribution is -2.14. The third kappa shape index (κ3) is 9.29.